The molecule has 1 saturated carbocycles. The number of likely N-dealkylation sites (tertiary alicyclic amines) is 1. The molecular weight excluding hydrogens is 226 g/mol. The molecule has 2 aliphatic rings. The highest BCUT2D eigenvalue weighted by atomic mass is 16.3. The number of hydrogen-bond donors (Lipinski definition) is 1. The largest absolute Gasteiger partial charge is 0.395 e. The number of nitrogens with zero attached hydrogens (tertiary/aromatic N) is 1. The summed E-state index contributed by atoms with van der Waals surface area (Å²) in [4.78, 5) is 13.9. The van der Waals surface area contributed by atoms with Crippen LogP contribution in [0.5, 0.6) is 0 Å². The molecule has 1 unspecified atom stereocenters. The number of aliphatic hydroxyl groups excluding tert-OH is 1. The normalized spacial score (nSPS) is 29.7. The van der Waals surface area contributed by atoms with E-state index in [4.69, 9.17) is 0 Å². The van der Waals surface area contributed by atoms with Crippen LogP contribution >= 0.6 is 0 Å². The fourth-order valence-electron chi connectivity index (χ4n) is 3.63. The lowest BCUT2D eigenvalue weighted by Crippen LogP contribution is -2.46. The lowest BCUT2D eigenvalue weighted by molar-refractivity contribution is -0.119. The number of carbonyl (C=O) groups is 1. The van der Waals surface area contributed by atoms with Gasteiger partial charge in [-0.25, -0.2) is 0 Å². The second-order valence-corrected chi connectivity index (χ2v) is 6.20. The van der Waals surface area contributed by atoms with E-state index in [9.17, 15) is 9.90 Å². The smallest absolute Gasteiger partial charge is 0.127 e. The van der Waals surface area contributed by atoms with E-state index in [0.717, 1.165) is 32.4 Å². The van der Waals surface area contributed by atoms with E-state index in [0.29, 0.717) is 0 Å². The summed E-state index contributed by atoms with van der Waals surface area (Å²) in [5.74, 6) is 0. The van der Waals surface area contributed by atoms with E-state index in [1.807, 2.05) is 0 Å². The van der Waals surface area contributed by atoms with Crippen LogP contribution in [0.2, 0.25) is 0 Å². The molecule has 1 N–H and O–H groups in total. The second kappa shape index (κ2) is 6.67. The lowest BCUT2D eigenvalue weighted by Gasteiger charge is -2.39. The number of carbonyl (C=O) groups excluding carboxylic acids is 1. The van der Waals surface area contributed by atoms with Gasteiger partial charge in [-0.2, -0.15) is 0 Å². The molecule has 1 heterocycles. The standard InChI is InChI=1S/C15H27NO2/c17-11-14-7-3-1-6-10-16(14)12-15(13-18)8-4-2-5-9-15/h13-14,17H,1-12H2. The van der Waals surface area contributed by atoms with E-state index >= 15 is 0 Å². The Morgan fingerprint density at radius 2 is 1.83 bits per heavy atom. The van der Waals surface area contributed by atoms with Crippen molar-refractivity contribution in [3.05, 3.63) is 0 Å². The molecule has 0 amide bonds. The van der Waals surface area contributed by atoms with Crippen LogP contribution in [0.15, 0.2) is 0 Å². The third-order valence-corrected chi connectivity index (χ3v) is 4.83. The third kappa shape index (κ3) is 3.33. The minimum absolute atomic E-state index is 0.115. The highest BCUT2D eigenvalue weighted by Gasteiger charge is 2.35. The lowest BCUT2D eigenvalue weighted by atomic mass is 9.74. The molecule has 0 spiro atoms. The van der Waals surface area contributed by atoms with E-state index in [2.05, 4.69) is 4.90 Å². The van der Waals surface area contributed by atoms with Gasteiger partial charge in [-0.15, -0.1) is 0 Å². The average molecular weight is 253 g/mol. The highest BCUT2D eigenvalue weighted by Crippen LogP contribution is 2.36. The maximum atomic E-state index is 11.5. The minimum atomic E-state index is -0.115. The summed E-state index contributed by atoms with van der Waals surface area (Å²) in [6.07, 6.45) is 11.8. The number of hydrogen-bond acceptors (Lipinski definition) is 3. The fourth-order valence-corrected chi connectivity index (χ4v) is 3.63. The van der Waals surface area contributed by atoms with Crippen molar-refractivity contribution in [2.75, 3.05) is 19.7 Å². The molecule has 1 saturated heterocycles. The molecule has 2 fully saturated rings. The van der Waals surface area contributed by atoms with Crippen molar-refractivity contribution in [2.45, 2.75) is 63.8 Å². The van der Waals surface area contributed by atoms with Gasteiger partial charge in [-0.1, -0.05) is 32.1 Å². The van der Waals surface area contributed by atoms with Gasteiger partial charge in [0.2, 0.25) is 0 Å². The summed E-state index contributed by atoms with van der Waals surface area (Å²) in [7, 11) is 0. The van der Waals surface area contributed by atoms with Gasteiger partial charge in [0.25, 0.3) is 0 Å². The molecule has 1 aliphatic heterocycles. The van der Waals surface area contributed by atoms with Crippen LogP contribution in [0.1, 0.15) is 57.8 Å². The summed E-state index contributed by atoms with van der Waals surface area (Å²) in [5.41, 5.74) is -0.115. The van der Waals surface area contributed by atoms with Crippen LogP contribution in [-0.4, -0.2) is 42.0 Å². The van der Waals surface area contributed by atoms with E-state index in [-0.39, 0.29) is 18.1 Å². The number of aliphatic hydroxyl groups is 1. The Morgan fingerprint density at radius 3 is 2.50 bits per heavy atom. The Hall–Kier alpha value is -0.410. The predicted molar refractivity (Wildman–Crippen MR) is 72.5 cm³/mol. The van der Waals surface area contributed by atoms with Crippen molar-refractivity contribution in [3.8, 4) is 0 Å². The Bertz CT molecular complexity index is 261. The molecule has 18 heavy (non-hydrogen) atoms. The second-order valence-electron chi connectivity index (χ2n) is 6.20. The first-order valence-electron chi connectivity index (χ1n) is 7.61. The Morgan fingerprint density at radius 1 is 1.11 bits per heavy atom. The van der Waals surface area contributed by atoms with Gasteiger partial charge in [0, 0.05) is 18.0 Å². The van der Waals surface area contributed by atoms with E-state index in [1.165, 1.54) is 44.8 Å². The van der Waals surface area contributed by atoms with E-state index < -0.39 is 0 Å². The molecule has 0 aromatic carbocycles. The van der Waals surface area contributed by atoms with Crippen LogP contribution in [0.3, 0.4) is 0 Å². The summed E-state index contributed by atoms with van der Waals surface area (Å²) < 4.78 is 0. The molecule has 0 radical (unpaired) electrons. The molecule has 3 nitrogen and oxygen atoms in total. The van der Waals surface area contributed by atoms with Crippen LogP contribution in [-0.2, 0) is 4.79 Å². The minimum Gasteiger partial charge on any atom is -0.395 e. The predicted octanol–water partition coefficient (Wildman–Crippen LogP) is 2.37. The summed E-state index contributed by atoms with van der Waals surface area (Å²) in [6, 6.07) is 0.284. The average Bonchev–Trinajstić information content (AvgIpc) is 2.65. The first-order chi connectivity index (χ1) is 8.79. The fraction of sp³-hybridized carbons (Fsp3) is 0.933. The van der Waals surface area contributed by atoms with Gasteiger partial charge >= 0.3 is 0 Å². The van der Waals surface area contributed by atoms with Gasteiger partial charge < -0.3 is 9.90 Å². The number of aldehydes is 1. The van der Waals surface area contributed by atoms with Crippen LogP contribution in [0.25, 0.3) is 0 Å². The molecule has 1 atom stereocenters. The van der Waals surface area contributed by atoms with Gasteiger partial charge in [0.1, 0.15) is 6.29 Å². The maximum absolute atomic E-state index is 11.5. The van der Waals surface area contributed by atoms with Gasteiger partial charge in [-0.05, 0) is 32.2 Å². The SMILES string of the molecule is O=CC1(CN2CCCCCC2CO)CCCCC1. The molecule has 3 heteroatoms. The molecular formula is C15H27NO2. The Labute approximate surface area is 111 Å². The van der Waals surface area contributed by atoms with Crippen molar-refractivity contribution in [1.29, 1.82) is 0 Å². The highest BCUT2D eigenvalue weighted by molar-refractivity contribution is 5.60. The topological polar surface area (TPSA) is 40.5 Å². The Balaban J connectivity index is 2.01. The first-order valence-corrected chi connectivity index (χ1v) is 7.61. The zero-order valence-electron chi connectivity index (χ0n) is 11.4. The summed E-state index contributed by atoms with van der Waals surface area (Å²) in [5, 5.41) is 9.54. The number of rotatable bonds is 4. The summed E-state index contributed by atoms with van der Waals surface area (Å²) >= 11 is 0. The van der Waals surface area contributed by atoms with Gasteiger partial charge in [0.15, 0.2) is 0 Å². The zero-order valence-corrected chi connectivity index (χ0v) is 11.4. The van der Waals surface area contributed by atoms with Crippen LogP contribution in [0, 0.1) is 5.41 Å². The molecule has 104 valence electrons. The third-order valence-electron chi connectivity index (χ3n) is 4.83. The van der Waals surface area contributed by atoms with Crippen molar-refractivity contribution in [1.82, 2.24) is 4.90 Å². The molecule has 0 bridgehead atoms. The maximum Gasteiger partial charge on any atom is 0.127 e. The van der Waals surface area contributed by atoms with Crippen molar-refractivity contribution < 1.29 is 9.90 Å². The molecule has 0 aromatic heterocycles. The van der Waals surface area contributed by atoms with E-state index in [1.54, 1.807) is 0 Å². The summed E-state index contributed by atoms with van der Waals surface area (Å²) in [6.45, 7) is 2.18. The molecule has 1 aliphatic carbocycles. The molecule has 0 aromatic rings. The zero-order chi connectivity index (χ0) is 12.8. The van der Waals surface area contributed by atoms with Crippen LogP contribution in [0.4, 0.5) is 0 Å². The van der Waals surface area contributed by atoms with Gasteiger partial charge in [0.05, 0.1) is 6.61 Å². The van der Waals surface area contributed by atoms with Crippen molar-refractivity contribution >= 4 is 6.29 Å². The van der Waals surface area contributed by atoms with Crippen molar-refractivity contribution in [3.63, 3.8) is 0 Å². The molecule has 2 rings (SSSR count). The van der Waals surface area contributed by atoms with Gasteiger partial charge in [-0.3, -0.25) is 4.90 Å². The van der Waals surface area contributed by atoms with Crippen molar-refractivity contribution in [2.24, 2.45) is 5.41 Å². The Kier molecular flexibility index (Phi) is 5.19. The first kappa shape index (κ1) is 14.0. The monoisotopic (exact) mass is 253 g/mol. The quantitative estimate of drug-likeness (QED) is 0.782. The van der Waals surface area contributed by atoms with Crippen LogP contribution < -0.4 is 0 Å².